The lowest BCUT2D eigenvalue weighted by Crippen LogP contribution is -2.10. The fraction of sp³-hybridized carbons (Fsp3) is 0.429. The summed E-state index contributed by atoms with van der Waals surface area (Å²) in [6.45, 7) is 8.23. The highest BCUT2D eigenvalue weighted by Gasteiger charge is 2.13. The molecule has 1 aromatic carbocycles. The van der Waals surface area contributed by atoms with Gasteiger partial charge in [0, 0.05) is 12.5 Å². The topological polar surface area (TPSA) is 43.1 Å². The molecule has 3 heteroatoms. The van der Waals surface area contributed by atoms with E-state index in [0.717, 1.165) is 5.56 Å². The highest BCUT2D eigenvalue weighted by molar-refractivity contribution is 5.51. The van der Waals surface area contributed by atoms with Gasteiger partial charge in [-0.25, -0.2) is 0 Å². The van der Waals surface area contributed by atoms with Crippen LogP contribution in [0.4, 0.5) is 0 Å². The zero-order valence-corrected chi connectivity index (χ0v) is 10.9. The average molecular weight is 233 g/mol. The molecule has 0 aromatic heterocycles. The molecule has 0 spiro atoms. The van der Waals surface area contributed by atoms with Gasteiger partial charge in [-0.1, -0.05) is 52.0 Å². The minimum atomic E-state index is -0.322. The molecule has 0 saturated carbocycles. The Balaban J connectivity index is 3.00. The van der Waals surface area contributed by atoms with Crippen LogP contribution in [0, 0.1) is 10.1 Å². The van der Waals surface area contributed by atoms with Crippen LogP contribution in [0.1, 0.15) is 45.2 Å². The number of allylic oxidation sites excluding steroid dienone is 1. The molecule has 0 N–H and O–H groups in total. The molecule has 0 amide bonds. The summed E-state index contributed by atoms with van der Waals surface area (Å²) in [6.07, 6.45) is 2.07. The molecule has 0 bridgehead atoms. The first-order valence-electron chi connectivity index (χ1n) is 5.80. The minimum Gasteiger partial charge on any atom is -0.259 e. The van der Waals surface area contributed by atoms with Gasteiger partial charge in [-0.15, -0.1) is 0 Å². The molecule has 0 aliphatic heterocycles. The monoisotopic (exact) mass is 233 g/mol. The first-order chi connectivity index (χ1) is 7.84. The van der Waals surface area contributed by atoms with Crippen LogP contribution in [0.25, 0.3) is 6.08 Å². The maximum atomic E-state index is 10.7. The first kappa shape index (κ1) is 13.4. The third kappa shape index (κ3) is 3.70. The van der Waals surface area contributed by atoms with E-state index in [0.29, 0.717) is 6.42 Å². The van der Waals surface area contributed by atoms with E-state index in [1.807, 2.05) is 24.3 Å². The van der Waals surface area contributed by atoms with E-state index in [-0.39, 0.29) is 16.0 Å². The van der Waals surface area contributed by atoms with Gasteiger partial charge in [0.1, 0.15) is 0 Å². The van der Waals surface area contributed by atoms with Crippen molar-refractivity contribution >= 4 is 6.08 Å². The lowest BCUT2D eigenvalue weighted by atomic mass is 9.86. The Morgan fingerprint density at radius 1 is 1.29 bits per heavy atom. The third-order valence-electron chi connectivity index (χ3n) is 2.71. The largest absolute Gasteiger partial charge is 0.259 e. The molecule has 0 aliphatic carbocycles. The van der Waals surface area contributed by atoms with Gasteiger partial charge >= 0.3 is 0 Å². The van der Waals surface area contributed by atoms with Crippen LogP contribution < -0.4 is 0 Å². The molecule has 0 saturated heterocycles. The van der Waals surface area contributed by atoms with Crippen molar-refractivity contribution in [1.29, 1.82) is 0 Å². The Labute approximate surface area is 102 Å². The lowest BCUT2D eigenvalue weighted by molar-refractivity contribution is -0.425. The van der Waals surface area contributed by atoms with Crippen molar-refractivity contribution in [2.75, 3.05) is 0 Å². The van der Waals surface area contributed by atoms with E-state index >= 15 is 0 Å². The van der Waals surface area contributed by atoms with Gasteiger partial charge in [0.2, 0.25) is 5.70 Å². The zero-order valence-electron chi connectivity index (χ0n) is 10.9. The zero-order chi connectivity index (χ0) is 13.1. The predicted molar refractivity (Wildman–Crippen MR) is 70.4 cm³/mol. The maximum Gasteiger partial charge on any atom is 0.246 e. The number of rotatable bonds is 3. The molecule has 0 heterocycles. The van der Waals surface area contributed by atoms with Crippen molar-refractivity contribution < 1.29 is 4.92 Å². The van der Waals surface area contributed by atoms with E-state index in [9.17, 15) is 10.1 Å². The number of hydrogen-bond acceptors (Lipinski definition) is 2. The molecule has 0 aliphatic rings. The molecule has 0 atom stereocenters. The molecule has 92 valence electrons. The standard InChI is InChI=1S/C14H19NO2/c1-5-13(15(16)17)10-11-6-8-12(9-7-11)14(2,3)4/h6-10H,5H2,1-4H3/b13-10-. The number of nitro groups is 1. The van der Waals surface area contributed by atoms with Crippen molar-refractivity contribution in [3.05, 3.63) is 51.2 Å². The number of hydrogen-bond donors (Lipinski definition) is 0. The third-order valence-corrected chi connectivity index (χ3v) is 2.71. The van der Waals surface area contributed by atoms with Crippen LogP contribution in [0.5, 0.6) is 0 Å². The van der Waals surface area contributed by atoms with Crippen molar-refractivity contribution in [2.24, 2.45) is 0 Å². The fourth-order valence-electron chi connectivity index (χ4n) is 1.56. The van der Waals surface area contributed by atoms with Crippen molar-refractivity contribution in [3.8, 4) is 0 Å². The summed E-state index contributed by atoms with van der Waals surface area (Å²) in [4.78, 5) is 10.4. The summed E-state index contributed by atoms with van der Waals surface area (Å²) in [6, 6.07) is 7.91. The average Bonchev–Trinajstić information content (AvgIpc) is 2.25. The van der Waals surface area contributed by atoms with Crippen molar-refractivity contribution in [3.63, 3.8) is 0 Å². The van der Waals surface area contributed by atoms with Crippen molar-refractivity contribution in [2.45, 2.75) is 39.5 Å². The fourth-order valence-corrected chi connectivity index (χ4v) is 1.56. The smallest absolute Gasteiger partial charge is 0.246 e. The van der Waals surface area contributed by atoms with E-state index in [1.165, 1.54) is 5.56 Å². The van der Waals surface area contributed by atoms with E-state index < -0.39 is 0 Å². The van der Waals surface area contributed by atoms with Gasteiger partial charge in [-0.2, -0.15) is 0 Å². The van der Waals surface area contributed by atoms with Gasteiger partial charge in [0.25, 0.3) is 0 Å². The Hall–Kier alpha value is -1.64. The molecule has 17 heavy (non-hydrogen) atoms. The summed E-state index contributed by atoms with van der Waals surface area (Å²) >= 11 is 0. The van der Waals surface area contributed by atoms with E-state index in [2.05, 4.69) is 20.8 Å². The summed E-state index contributed by atoms with van der Waals surface area (Å²) < 4.78 is 0. The summed E-state index contributed by atoms with van der Waals surface area (Å²) in [5.41, 5.74) is 2.47. The van der Waals surface area contributed by atoms with Gasteiger partial charge in [0.15, 0.2) is 0 Å². The maximum absolute atomic E-state index is 10.7. The number of nitrogens with zero attached hydrogens (tertiary/aromatic N) is 1. The predicted octanol–water partition coefficient (Wildman–Crippen LogP) is 4.01. The van der Waals surface area contributed by atoms with Gasteiger partial charge in [-0.3, -0.25) is 10.1 Å². The molecular weight excluding hydrogens is 214 g/mol. The molecule has 0 fully saturated rings. The summed E-state index contributed by atoms with van der Waals surface area (Å²) in [7, 11) is 0. The highest BCUT2D eigenvalue weighted by atomic mass is 16.6. The lowest BCUT2D eigenvalue weighted by Gasteiger charge is -2.18. The molecular formula is C14H19NO2. The number of benzene rings is 1. The molecule has 1 rings (SSSR count). The minimum absolute atomic E-state index is 0.110. The molecule has 0 radical (unpaired) electrons. The first-order valence-corrected chi connectivity index (χ1v) is 5.80. The molecule has 1 aromatic rings. The Bertz CT molecular complexity index is 425. The second kappa shape index (κ2) is 5.13. The van der Waals surface area contributed by atoms with Crippen LogP contribution in [-0.4, -0.2) is 4.92 Å². The Morgan fingerprint density at radius 3 is 2.18 bits per heavy atom. The van der Waals surface area contributed by atoms with E-state index in [1.54, 1.807) is 13.0 Å². The van der Waals surface area contributed by atoms with Crippen LogP contribution in [0.2, 0.25) is 0 Å². The van der Waals surface area contributed by atoms with Gasteiger partial charge < -0.3 is 0 Å². The Morgan fingerprint density at radius 2 is 1.82 bits per heavy atom. The summed E-state index contributed by atoms with van der Waals surface area (Å²) in [5, 5.41) is 10.7. The second-order valence-electron chi connectivity index (χ2n) is 5.12. The highest BCUT2D eigenvalue weighted by Crippen LogP contribution is 2.23. The van der Waals surface area contributed by atoms with Crippen molar-refractivity contribution in [1.82, 2.24) is 0 Å². The quantitative estimate of drug-likeness (QED) is 0.584. The van der Waals surface area contributed by atoms with Crippen LogP contribution in [-0.2, 0) is 5.41 Å². The van der Waals surface area contributed by atoms with Crippen LogP contribution >= 0.6 is 0 Å². The second-order valence-corrected chi connectivity index (χ2v) is 5.12. The molecule has 0 unspecified atom stereocenters. The van der Waals surface area contributed by atoms with Crippen LogP contribution in [0.3, 0.4) is 0 Å². The van der Waals surface area contributed by atoms with Gasteiger partial charge in [0.05, 0.1) is 4.92 Å². The van der Waals surface area contributed by atoms with Gasteiger partial charge in [-0.05, 0) is 16.5 Å². The Kier molecular flexibility index (Phi) is 4.05. The summed E-state index contributed by atoms with van der Waals surface area (Å²) in [5.74, 6) is 0. The normalized spacial score (nSPS) is 12.6. The molecule has 3 nitrogen and oxygen atoms in total. The van der Waals surface area contributed by atoms with E-state index in [4.69, 9.17) is 0 Å². The SMILES string of the molecule is CC/C(=C/c1ccc(C(C)(C)C)cc1)[N+](=O)[O-]. The van der Waals surface area contributed by atoms with Crippen LogP contribution in [0.15, 0.2) is 30.0 Å².